The highest BCUT2D eigenvalue weighted by molar-refractivity contribution is 9.09. The summed E-state index contributed by atoms with van der Waals surface area (Å²) in [4.78, 5) is 33.5. The summed E-state index contributed by atoms with van der Waals surface area (Å²) in [5.41, 5.74) is 0. The molecule has 20 heavy (non-hydrogen) atoms. The van der Waals surface area contributed by atoms with Crippen molar-refractivity contribution >= 4 is 33.8 Å². The van der Waals surface area contributed by atoms with Crippen molar-refractivity contribution in [1.29, 1.82) is 0 Å². The van der Waals surface area contributed by atoms with Gasteiger partial charge >= 0.3 is 17.9 Å². The van der Waals surface area contributed by atoms with E-state index in [1.807, 2.05) is 0 Å². The molecule has 0 saturated carbocycles. The number of halogens is 1. The fraction of sp³-hybridized carbons (Fsp3) is 0.750. The number of alkyl halides is 1. The number of carbonyl (C=O) groups excluding carboxylic acids is 3. The minimum atomic E-state index is -0.937. The van der Waals surface area contributed by atoms with Crippen LogP contribution in [0.3, 0.4) is 0 Å². The van der Waals surface area contributed by atoms with E-state index in [0.29, 0.717) is 0 Å². The molecule has 1 aliphatic rings. The number of hydrogen-bond donors (Lipinski definition) is 0. The van der Waals surface area contributed by atoms with Crippen LogP contribution in [0.5, 0.6) is 0 Å². The molecule has 0 spiro atoms. The molecule has 8 heteroatoms. The van der Waals surface area contributed by atoms with E-state index < -0.39 is 47.3 Å². The van der Waals surface area contributed by atoms with E-state index in [9.17, 15) is 14.4 Å². The number of rotatable bonds is 3. The normalized spacial score (nSPS) is 33.1. The standard InChI is InChI=1S/C12H17BrO7/c1-5-9(18-6(2)14)10(19-7(3)15)11(12(13)17-5)20-8(4)16/h5,9-12H,1-4H3/t5-,9+,10+,11-,12+/m0/s1. The van der Waals surface area contributed by atoms with E-state index >= 15 is 0 Å². The van der Waals surface area contributed by atoms with Gasteiger partial charge in [-0.05, 0) is 6.92 Å². The minimum Gasteiger partial charge on any atom is -0.456 e. The molecule has 0 bridgehead atoms. The average Bonchev–Trinajstić information content (AvgIpc) is 2.27. The van der Waals surface area contributed by atoms with Crippen molar-refractivity contribution in [1.82, 2.24) is 0 Å². The molecule has 0 radical (unpaired) electrons. The quantitative estimate of drug-likeness (QED) is 0.424. The van der Waals surface area contributed by atoms with Gasteiger partial charge in [-0.15, -0.1) is 0 Å². The largest absolute Gasteiger partial charge is 0.456 e. The topological polar surface area (TPSA) is 88.1 Å². The van der Waals surface area contributed by atoms with Crippen LogP contribution in [0.1, 0.15) is 27.7 Å². The second-order valence-electron chi connectivity index (χ2n) is 4.41. The van der Waals surface area contributed by atoms with Gasteiger partial charge in [-0.2, -0.15) is 0 Å². The molecule has 114 valence electrons. The first-order valence-corrected chi connectivity index (χ1v) is 6.95. The predicted octanol–water partition coefficient (Wildman–Crippen LogP) is 0.921. The van der Waals surface area contributed by atoms with Crippen LogP contribution < -0.4 is 0 Å². The van der Waals surface area contributed by atoms with Crippen molar-refractivity contribution in [3.05, 3.63) is 0 Å². The second kappa shape index (κ2) is 7.03. The van der Waals surface area contributed by atoms with Gasteiger partial charge in [0, 0.05) is 20.8 Å². The molecular formula is C12H17BrO7. The third kappa shape index (κ3) is 4.45. The van der Waals surface area contributed by atoms with Gasteiger partial charge in [-0.25, -0.2) is 0 Å². The Morgan fingerprint density at radius 1 is 0.850 bits per heavy atom. The average molecular weight is 353 g/mol. The Labute approximate surface area is 125 Å². The highest BCUT2D eigenvalue weighted by Gasteiger charge is 2.49. The Kier molecular flexibility index (Phi) is 5.94. The maximum atomic E-state index is 11.2. The Morgan fingerprint density at radius 3 is 1.70 bits per heavy atom. The molecule has 1 aliphatic heterocycles. The van der Waals surface area contributed by atoms with Crippen LogP contribution in [0.2, 0.25) is 0 Å². The second-order valence-corrected chi connectivity index (χ2v) is 5.32. The number of carbonyl (C=O) groups is 3. The SMILES string of the molecule is CC(=O)O[C@@H]1[C@H](OC(C)=O)[C@H](C)O[C@@H](Br)[C@H]1OC(C)=O. The van der Waals surface area contributed by atoms with Crippen LogP contribution in [0, 0.1) is 0 Å². The molecule has 0 aromatic carbocycles. The molecular weight excluding hydrogens is 336 g/mol. The molecule has 5 atom stereocenters. The molecule has 0 amide bonds. The molecule has 1 heterocycles. The maximum Gasteiger partial charge on any atom is 0.303 e. The van der Waals surface area contributed by atoms with Crippen molar-refractivity contribution in [2.45, 2.75) is 57.1 Å². The first-order chi connectivity index (χ1) is 9.22. The van der Waals surface area contributed by atoms with Crippen molar-refractivity contribution in [2.75, 3.05) is 0 Å². The first kappa shape index (κ1) is 16.9. The van der Waals surface area contributed by atoms with Gasteiger partial charge < -0.3 is 18.9 Å². The molecule has 1 fully saturated rings. The summed E-state index contributed by atoms with van der Waals surface area (Å²) in [6.07, 6.45) is -3.22. The van der Waals surface area contributed by atoms with Gasteiger partial charge in [0.1, 0.15) is 0 Å². The highest BCUT2D eigenvalue weighted by Crippen LogP contribution is 2.31. The number of esters is 3. The Balaban J connectivity index is 3.01. The third-order valence-corrected chi connectivity index (χ3v) is 3.36. The number of ether oxygens (including phenoxy) is 4. The molecule has 0 aromatic heterocycles. The molecule has 0 N–H and O–H groups in total. The van der Waals surface area contributed by atoms with E-state index in [1.165, 1.54) is 20.8 Å². The van der Waals surface area contributed by atoms with Gasteiger partial charge in [0.05, 0.1) is 6.10 Å². The minimum absolute atomic E-state index is 0.528. The van der Waals surface area contributed by atoms with E-state index in [1.54, 1.807) is 6.92 Å². The smallest absolute Gasteiger partial charge is 0.303 e. The van der Waals surface area contributed by atoms with Crippen molar-refractivity contribution in [3.8, 4) is 0 Å². The lowest BCUT2D eigenvalue weighted by Crippen LogP contribution is -2.59. The van der Waals surface area contributed by atoms with E-state index in [4.69, 9.17) is 18.9 Å². The van der Waals surface area contributed by atoms with Crippen molar-refractivity contribution < 1.29 is 33.3 Å². The lowest BCUT2D eigenvalue weighted by molar-refractivity contribution is -0.227. The molecule has 0 unspecified atom stereocenters. The summed E-state index contributed by atoms with van der Waals surface area (Å²) in [6, 6.07) is 0. The maximum absolute atomic E-state index is 11.2. The van der Waals surface area contributed by atoms with Gasteiger partial charge in [0.25, 0.3) is 0 Å². The van der Waals surface area contributed by atoms with E-state index in [0.717, 1.165) is 0 Å². The zero-order chi connectivity index (χ0) is 15.4. The van der Waals surface area contributed by atoms with Crippen LogP contribution in [0.25, 0.3) is 0 Å². The van der Waals surface area contributed by atoms with Crippen LogP contribution in [-0.2, 0) is 33.3 Å². The predicted molar refractivity (Wildman–Crippen MR) is 69.9 cm³/mol. The van der Waals surface area contributed by atoms with E-state index in [2.05, 4.69) is 15.9 Å². The lowest BCUT2D eigenvalue weighted by Gasteiger charge is -2.41. The number of hydrogen-bond acceptors (Lipinski definition) is 7. The van der Waals surface area contributed by atoms with Gasteiger partial charge in [0.15, 0.2) is 23.3 Å². The highest BCUT2D eigenvalue weighted by atomic mass is 79.9. The van der Waals surface area contributed by atoms with Crippen LogP contribution in [0.15, 0.2) is 0 Å². The van der Waals surface area contributed by atoms with Gasteiger partial charge in [-0.3, -0.25) is 14.4 Å². The Bertz CT molecular complexity index is 369. The summed E-state index contributed by atoms with van der Waals surface area (Å²) in [6.45, 7) is 5.35. The summed E-state index contributed by atoms with van der Waals surface area (Å²) < 4.78 is 20.9. The lowest BCUT2D eigenvalue weighted by atomic mass is 10.00. The van der Waals surface area contributed by atoms with Crippen LogP contribution in [0.4, 0.5) is 0 Å². The Hall–Kier alpha value is -1.15. The Morgan fingerprint density at radius 2 is 1.25 bits per heavy atom. The summed E-state index contributed by atoms with van der Waals surface area (Å²) in [5.74, 6) is -1.67. The van der Waals surface area contributed by atoms with Crippen LogP contribution >= 0.6 is 15.9 Å². The van der Waals surface area contributed by atoms with Crippen molar-refractivity contribution in [2.24, 2.45) is 0 Å². The fourth-order valence-corrected chi connectivity index (χ4v) is 2.70. The molecule has 0 aromatic rings. The van der Waals surface area contributed by atoms with E-state index in [-0.39, 0.29) is 0 Å². The molecule has 7 nitrogen and oxygen atoms in total. The third-order valence-electron chi connectivity index (χ3n) is 2.62. The molecule has 1 saturated heterocycles. The fourth-order valence-electron chi connectivity index (χ4n) is 1.96. The zero-order valence-electron chi connectivity index (χ0n) is 11.6. The summed E-state index contributed by atoms with van der Waals surface area (Å²) in [7, 11) is 0. The summed E-state index contributed by atoms with van der Waals surface area (Å²) >= 11 is 3.22. The van der Waals surface area contributed by atoms with Gasteiger partial charge in [0.2, 0.25) is 0 Å². The monoisotopic (exact) mass is 352 g/mol. The van der Waals surface area contributed by atoms with Crippen molar-refractivity contribution in [3.63, 3.8) is 0 Å². The first-order valence-electron chi connectivity index (χ1n) is 6.03. The molecule has 0 aliphatic carbocycles. The zero-order valence-corrected chi connectivity index (χ0v) is 13.2. The van der Waals surface area contributed by atoms with Crippen LogP contribution in [-0.4, -0.2) is 47.3 Å². The summed E-state index contributed by atoms with van der Waals surface area (Å²) in [5, 5.41) is -0.669. The van der Waals surface area contributed by atoms with Gasteiger partial charge in [-0.1, -0.05) is 15.9 Å². The molecule has 1 rings (SSSR count).